The molecule has 0 heterocycles. The summed E-state index contributed by atoms with van der Waals surface area (Å²) in [5.41, 5.74) is -6.87. The molecule has 4 nitrogen and oxygen atoms in total. The number of amides is 2. The molecule has 42 heavy (non-hydrogen) atoms. The number of hydrogen-bond acceptors (Lipinski definition) is 2. The van der Waals surface area contributed by atoms with Gasteiger partial charge >= 0.3 is 24.7 Å². The first-order valence-corrected chi connectivity index (χ1v) is 11.8. The van der Waals surface area contributed by atoms with Crippen molar-refractivity contribution in [3.63, 3.8) is 0 Å². The molecule has 3 aromatic rings. The summed E-state index contributed by atoms with van der Waals surface area (Å²) in [5, 5.41) is 3.25. The maximum atomic E-state index is 14.8. The van der Waals surface area contributed by atoms with Crippen LogP contribution in [0.5, 0.6) is 5.75 Å². The minimum Gasteiger partial charge on any atom is -0.428 e. The molecule has 2 atom stereocenters. The van der Waals surface area contributed by atoms with Crippen LogP contribution in [-0.4, -0.2) is 36.7 Å². The van der Waals surface area contributed by atoms with E-state index in [0.29, 0.717) is 18.2 Å². The van der Waals surface area contributed by atoms with Crippen LogP contribution in [0.4, 0.5) is 53.1 Å². The van der Waals surface area contributed by atoms with Gasteiger partial charge in [0.2, 0.25) is 0 Å². The van der Waals surface area contributed by atoms with E-state index in [1.807, 2.05) is 0 Å². The van der Waals surface area contributed by atoms with E-state index in [1.165, 1.54) is 24.3 Å². The summed E-state index contributed by atoms with van der Waals surface area (Å²) >= 11 is 0. The largest absolute Gasteiger partial charge is 0.461 e. The summed E-state index contributed by atoms with van der Waals surface area (Å²) < 4.78 is 153. The van der Waals surface area contributed by atoms with Gasteiger partial charge in [-0.25, -0.2) is 22.4 Å². The van der Waals surface area contributed by atoms with Crippen LogP contribution in [-0.2, 0) is 12.0 Å². The molecule has 0 aromatic heterocycles. The maximum Gasteiger partial charge on any atom is 0.461 e. The summed E-state index contributed by atoms with van der Waals surface area (Å²) in [6, 6.07) is 10.8. The third kappa shape index (κ3) is 7.05. The molecule has 0 saturated heterocycles. The van der Waals surface area contributed by atoms with E-state index in [-0.39, 0.29) is 18.1 Å². The van der Waals surface area contributed by atoms with Crippen molar-refractivity contribution >= 4 is 6.03 Å². The molecular formula is C27H21F11N2O2. The van der Waals surface area contributed by atoms with Crippen LogP contribution in [0.3, 0.4) is 0 Å². The number of carbonyl (C=O) groups excluding carboxylic acids is 1. The smallest absolute Gasteiger partial charge is 0.428 e. The van der Waals surface area contributed by atoms with Crippen molar-refractivity contribution in [3.8, 4) is 5.75 Å². The Labute approximate surface area is 231 Å². The van der Waals surface area contributed by atoms with Crippen molar-refractivity contribution in [1.82, 2.24) is 10.6 Å². The van der Waals surface area contributed by atoms with Crippen molar-refractivity contribution in [2.75, 3.05) is 0 Å². The van der Waals surface area contributed by atoms with Crippen LogP contribution in [0.25, 0.3) is 0 Å². The van der Waals surface area contributed by atoms with Crippen LogP contribution in [0.15, 0.2) is 72.8 Å². The number of halogens is 11. The number of nitrogens with one attached hydrogen (secondary N) is 2. The van der Waals surface area contributed by atoms with Crippen LogP contribution < -0.4 is 15.4 Å². The van der Waals surface area contributed by atoms with Gasteiger partial charge in [-0.15, -0.1) is 0 Å². The van der Waals surface area contributed by atoms with Crippen LogP contribution in [0, 0.1) is 11.6 Å². The summed E-state index contributed by atoms with van der Waals surface area (Å²) in [7, 11) is 0. The summed E-state index contributed by atoms with van der Waals surface area (Å²) in [6.07, 6.45) is -19.8. The standard InChI is InChI=1S/C27H21F11N2O2/c1-24(21(30)31,27(36,37)38)39-23(41)40-25(14-15-5-3-2-4-6-15,16-7-9-18(28)10-8-16)17-11-19(29)13-20(12-17)42-26(34,35)22(32)33/h2-13,21-22H,14H2,1H3,(H2,39,40,41)/t24?,25-/m1/s1. The molecular weight excluding hydrogens is 593 g/mol. The fourth-order valence-electron chi connectivity index (χ4n) is 3.98. The number of ether oxygens (including phenoxy) is 1. The molecule has 0 aliphatic rings. The zero-order valence-electron chi connectivity index (χ0n) is 21.3. The molecule has 228 valence electrons. The average Bonchev–Trinajstić information content (AvgIpc) is 2.87. The highest BCUT2D eigenvalue weighted by molar-refractivity contribution is 5.77. The molecule has 3 aromatic carbocycles. The maximum absolute atomic E-state index is 14.8. The molecule has 0 saturated carbocycles. The highest BCUT2D eigenvalue weighted by Crippen LogP contribution is 2.39. The van der Waals surface area contributed by atoms with E-state index in [9.17, 15) is 53.1 Å². The van der Waals surface area contributed by atoms with E-state index in [1.54, 1.807) is 6.07 Å². The van der Waals surface area contributed by atoms with E-state index in [0.717, 1.165) is 29.6 Å². The third-order valence-electron chi connectivity index (χ3n) is 6.25. The first-order valence-electron chi connectivity index (χ1n) is 11.8. The number of alkyl halides is 9. The van der Waals surface area contributed by atoms with Crippen molar-refractivity contribution < 1.29 is 57.8 Å². The van der Waals surface area contributed by atoms with Gasteiger partial charge in [-0.3, -0.25) is 0 Å². The second kappa shape index (κ2) is 12.1. The molecule has 2 amide bonds. The van der Waals surface area contributed by atoms with Crippen molar-refractivity contribution in [2.45, 2.75) is 49.6 Å². The van der Waals surface area contributed by atoms with Crippen LogP contribution >= 0.6 is 0 Å². The zero-order chi connectivity index (χ0) is 31.5. The lowest BCUT2D eigenvalue weighted by Gasteiger charge is -2.39. The quantitative estimate of drug-likeness (QED) is 0.232. The number of hydrogen-bond donors (Lipinski definition) is 2. The Balaban J connectivity index is 2.27. The minimum absolute atomic E-state index is 0.00850. The van der Waals surface area contributed by atoms with E-state index in [2.05, 4.69) is 10.1 Å². The first kappa shape index (κ1) is 32.5. The van der Waals surface area contributed by atoms with Gasteiger partial charge in [0.05, 0.1) is 5.54 Å². The Kier molecular flexibility index (Phi) is 9.32. The average molecular weight is 614 g/mol. The van der Waals surface area contributed by atoms with Gasteiger partial charge < -0.3 is 15.4 Å². The molecule has 0 radical (unpaired) electrons. The van der Waals surface area contributed by atoms with E-state index >= 15 is 0 Å². The Bertz CT molecular complexity index is 1370. The number of urea groups is 1. The Hall–Kier alpha value is -4.04. The summed E-state index contributed by atoms with van der Waals surface area (Å²) in [4.78, 5) is 13.0. The van der Waals surface area contributed by atoms with Gasteiger partial charge in [-0.05, 0) is 47.9 Å². The Morgan fingerprint density at radius 3 is 1.88 bits per heavy atom. The number of rotatable bonds is 10. The lowest BCUT2D eigenvalue weighted by Crippen LogP contribution is -2.65. The molecule has 15 heteroatoms. The highest BCUT2D eigenvalue weighted by Gasteiger charge is 2.59. The summed E-state index contributed by atoms with van der Waals surface area (Å²) in [6.45, 7) is 0.00850. The predicted octanol–water partition coefficient (Wildman–Crippen LogP) is 7.57. The van der Waals surface area contributed by atoms with Crippen molar-refractivity contribution in [2.24, 2.45) is 0 Å². The number of carbonyl (C=O) groups is 1. The molecule has 0 aliphatic carbocycles. The van der Waals surface area contributed by atoms with Crippen LogP contribution in [0.2, 0.25) is 0 Å². The second-order valence-corrected chi connectivity index (χ2v) is 9.29. The normalized spacial score (nSPS) is 15.2. The SMILES string of the molecule is CC(NC(=O)N[C@](Cc1ccccc1)(c1ccc(F)cc1)c1cc(F)cc(OC(F)(F)C(F)F)c1)(C(F)F)C(F)(F)F. The second-order valence-electron chi connectivity index (χ2n) is 9.29. The van der Waals surface area contributed by atoms with Gasteiger partial charge in [0.15, 0.2) is 5.54 Å². The zero-order valence-corrected chi connectivity index (χ0v) is 21.3. The monoisotopic (exact) mass is 614 g/mol. The molecule has 2 N–H and O–H groups in total. The third-order valence-corrected chi connectivity index (χ3v) is 6.25. The van der Waals surface area contributed by atoms with Gasteiger partial charge in [-0.2, -0.15) is 30.7 Å². The number of benzene rings is 3. The van der Waals surface area contributed by atoms with E-state index < -0.39 is 71.6 Å². The topological polar surface area (TPSA) is 50.4 Å². The molecule has 0 aliphatic heterocycles. The molecule has 3 rings (SSSR count). The fraction of sp³-hybridized carbons (Fsp3) is 0.296. The molecule has 1 unspecified atom stereocenters. The van der Waals surface area contributed by atoms with E-state index in [4.69, 9.17) is 0 Å². The van der Waals surface area contributed by atoms with Gasteiger partial charge in [0.1, 0.15) is 17.4 Å². The van der Waals surface area contributed by atoms with Crippen LogP contribution in [0.1, 0.15) is 23.6 Å². The van der Waals surface area contributed by atoms with Gasteiger partial charge in [0, 0.05) is 12.5 Å². The summed E-state index contributed by atoms with van der Waals surface area (Å²) in [5.74, 6) is -3.38. The molecule has 0 bridgehead atoms. The Morgan fingerprint density at radius 1 is 0.762 bits per heavy atom. The minimum atomic E-state index is -5.67. The van der Waals surface area contributed by atoms with Gasteiger partial charge in [0.25, 0.3) is 6.43 Å². The molecule has 0 fully saturated rings. The Morgan fingerprint density at radius 2 is 1.36 bits per heavy atom. The lowest BCUT2D eigenvalue weighted by molar-refractivity contribution is -0.253. The highest BCUT2D eigenvalue weighted by atomic mass is 19.4. The lowest BCUT2D eigenvalue weighted by atomic mass is 9.77. The molecule has 0 spiro atoms. The fourth-order valence-corrected chi connectivity index (χ4v) is 3.98. The van der Waals surface area contributed by atoms with Crippen molar-refractivity contribution in [3.05, 3.63) is 101 Å². The van der Waals surface area contributed by atoms with Crippen molar-refractivity contribution in [1.29, 1.82) is 0 Å². The predicted molar refractivity (Wildman–Crippen MR) is 127 cm³/mol. The first-order chi connectivity index (χ1) is 19.4. The van der Waals surface area contributed by atoms with Gasteiger partial charge in [-0.1, -0.05) is 42.5 Å².